The van der Waals surface area contributed by atoms with E-state index in [0.29, 0.717) is 0 Å². The summed E-state index contributed by atoms with van der Waals surface area (Å²) in [5.74, 6) is 0. The second-order valence-corrected chi connectivity index (χ2v) is 5.78. The molecule has 0 fully saturated rings. The van der Waals surface area contributed by atoms with Crippen LogP contribution in [0.15, 0.2) is 35.3 Å². The van der Waals surface area contributed by atoms with Crippen molar-refractivity contribution in [2.75, 3.05) is 5.32 Å². The second-order valence-electron chi connectivity index (χ2n) is 4.52. The number of aryl methyl sites for hydroxylation is 2. The highest BCUT2D eigenvalue weighted by atomic mass is 32.1. The third-order valence-electron chi connectivity index (χ3n) is 2.98. The van der Waals surface area contributed by atoms with E-state index in [-0.39, 0.29) is 5.56 Å². The van der Waals surface area contributed by atoms with E-state index in [9.17, 15) is 4.79 Å². The number of hydrogen-bond donors (Lipinski definition) is 1. The van der Waals surface area contributed by atoms with Crippen LogP contribution in [0.4, 0.5) is 5.69 Å². The Morgan fingerprint density at radius 2 is 1.95 bits per heavy atom. The summed E-state index contributed by atoms with van der Waals surface area (Å²) in [5, 5.41) is 3.38. The van der Waals surface area contributed by atoms with Crippen LogP contribution in [0.5, 0.6) is 0 Å². The maximum absolute atomic E-state index is 11.6. The predicted molar refractivity (Wildman–Crippen MR) is 82.0 cm³/mol. The maximum Gasteiger partial charge on any atom is 0.250 e. The Balaban J connectivity index is 2.02. The van der Waals surface area contributed by atoms with Crippen LogP contribution < -0.4 is 10.9 Å². The van der Waals surface area contributed by atoms with Gasteiger partial charge in [-0.25, -0.2) is 0 Å². The summed E-state index contributed by atoms with van der Waals surface area (Å²) >= 11 is 1.84. The molecular formula is C15H20N2OS. The first-order valence-electron chi connectivity index (χ1n) is 6.75. The minimum atomic E-state index is 0.0665. The lowest BCUT2D eigenvalue weighted by Gasteiger charge is -2.08. The molecule has 0 radical (unpaired) electrons. The molecule has 0 unspecified atom stereocenters. The number of anilines is 1. The fraction of sp³-hybridized carbons (Fsp3) is 0.400. The summed E-state index contributed by atoms with van der Waals surface area (Å²) in [6.45, 7) is 5.83. The number of thiophene rings is 1. The number of nitrogens with one attached hydrogen (secondary N) is 1. The number of hydrogen-bond acceptors (Lipinski definition) is 3. The minimum Gasteiger partial charge on any atom is -0.379 e. The van der Waals surface area contributed by atoms with Crippen molar-refractivity contribution in [1.82, 2.24) is 4.57 Å². The van der Waals surface area contributed by atoms with Crippen molar-refractivity contribution in [3.63, 3.8) is 0 Å². The van der Waals surface area contributed by atoms with Gasteiger partial charge < -0.3 is 9.88 Å². The van der Waals surface area contributed by atoms with Crippen LogP contribution in [0.25, 0.3) is 0 Å². The van der Waals surface area contributed by atoms with E-state index < -0.39 is 0 Å². The molecule has 4 heteroatoms. The lowest BCUT2D eigenvalue weighted by molar-refractivity contribution is 0.655. The van der Waals surface area contributed by atoms with Gasteiger partial charge in [-0.15, -0.1) is 11.3 Å². The zero-order valence-corrected chi connectivity index (χ0v) is 12.3. The highest BCUT2D eigenvalue weighted by Gasteiger charge is 2.00. The molecule has 102 valence electrons. The van der Waals surface area contributed by atoms with Gasteiger partial charge in [-0.05, 0) is 31.0 Å². The Hall–Kier alpha value is -1.55. The molecule has 0 atom stereocenters. The first-order chi connectivity index (χ1) is 9.22. The number of nitrogens with zero attached hydrogens (tertiary/aromatic N) is 1. The van der Waals surface area contributed by atoms with Crippen molar-refractivity contribution in [3.8, 4) is 0 Å². The summed E-state index contributed by atoms with van der Waals surface area (Å²) in [7, 11) is 0. The fourth-order valence-corrected chi connectivity index (χ4v) is 2.85. The highest BCUT2D eigenvalue weighted by molar-refractivity contribution is 7.12. The summed E-state index contributed by atoms with van der Waals surface area (Å²) in [6.07, 6.45) is 3.96. The third kappa shape index (κ3) is 3.70. The molecule has 2 aromatic rings. The third-order valence-corrected chi connectivity index (χ3v) is 4.21. The average molecular weight is 276 g/mol. The molecule has 0 saturated carbocycles. The number of pyridine rings is 1. The van der Waals surface area contributed by atoms with Crippen LogP contribution in [0.2, 0.25) is 0 Å². The number of aromatic nitrogens is 1. The molecule has 0 spiro atoms. The van der Waals surface area contributed by atoms with Gasteiger partial charge in [0.15, 0.2) is 0 Å². The van der Waals surface area contributed by atoms with Gasteiger partial charge in [0.2, 0.25) is 0 Å². The van der Waals surface area contributed by atoms with E-state index in [2.05, 4.69) is 31.3 Å². The zero-order valence-electron chi connectivity index (χ0n) is 11.5. The van der Waals surface area contributed by atoms with E-state index in [4.69, 9.17) is 0 Å². The summed E-state index contributed by atoms with van der Waals surface area (Å²) in [6, 6.07) is 7.82. The van der Waals surface area contributed by atoms with Crippen molar-refractivity contribution >= 4 is 17.0 Å². The Morgan fingerprint density at radius 3 is 2.63 bits per heavy atom. The Kier molecular flexibility index (Phi) is 4.80. The molecule has 0 aliphatic heterocycles. The molecular weight excluding hydrogens is 256 g/mol. The largest absolute Gasteiger partial charge is 0.379 e. The average Bonchev–Trinajstić information content (AvgIpc) is 2.88. The smallest absolute Gasteiger partial charge is 0.250 e. The quantitative estimate of drug-likeness (QED) is 0.876. The molecule has 1 N–H and O–H groups in total. The van der Waals surface area contributed by atoms with Crippen molar-refractivity contribution in [2.24, 2.45) is 0 Å². The second kappa shape index (κ2) is 6.57. The molecule has 2 aromatic heterocycles. The van der Waals surface area contributed by atoms with Crippen LogP contribution >= 0.6 is 11.3 Å². The van der Waals surface area contributed by atoms with Crippen molar-refractivity contribution in [2.45, 2.75) is 39.8 Å². The van der Waals surface area contributed by atoms with E-state index in [1.807, 2.05) is 23.6 Å². The topological polar surface area (TPSA) is 34.0 Å². The van der Waals surface area contributed by atoms with Crippen LogP contribution in [-0.4, -0.2) is 4.57 Å². The van der Waals surface area contributed by atoms with Gasteiger partial charge in [0.05, 0.1) is 5.69 Å². The Bertz CT molecular complexity index is 586. The van der Waals surface area contributed by atoms with Crippen molar-refractivity contribution in [3.05, 3.63) is 50.6 Å². The van der Waals surface area contributed by atoms with Crippen LogP contribution in [0.3, 0.4) is 0 Å². The SMILES string of the molecule is CCCn1cc(NCc2ccc(CC)s2)ccc1=O. The monoisotopic (exact) mass is 276 g/mol. The van der Waals surface area contributed by atoms with Crippen LogP contribution in [-0.2, 0) is 19.5 Å². The van der Waals surface area contributed by atoms with Gasteiger partial charge in [0.25, 0.3) is 5.56 Å². The first kappa shape index (κ1) is 13.9. The van der Waals surface area contributed by atoms with Gasteiger partial charge in [-0.2, -0.15) is 0 Å². The normalized spacial score (nSPS) is 10.6. The lowest BCUT2D eigenvalue weighted by atomic mass is 10.3. The van der Waals surface area contributed by atoms with E-state index in [0.717, 1.165) is 31.6 Å². The summed E-state index contributed by atoms with van der Waals surface area (Å²) < 4.78 is 1.76. The fourth-order valence-electron chi connectivity index (χ4n) is 1.95. The van der Waals surface area contributed by atoms with E-state index in [1.165, 1.54) is 9.75 Å². The maximum atomic E-state index is 11.6. The first-order valence-corrected chi connectivity index (χ1v) is 7.56. The molecule has 0 aromatic carbocycles. The minimum absolute atomic E-state index is 0.0665. The molecule has 2 heterocycles. The van der Waals surface area contributed by atoms with Gasteiger partial charge in [-0.3, -0.25) is 4.79 Å². The zero-order chi connectivity index (χ0) is 13.7. The van der Waals surface area contributed by atoms with Crippen molar-refractivity contribution < 1.29 is 0 Å². The van der Waals surface area contributed by atoms with Crippen molar-refractivity contribution in [1.29, 1.82) is 0 Å². The lowest BCUT2D eigenvalue weighted by Crippen LogP contribution is -2.18. The molecule has 19 heavy (non-hydrogen) atoms. The van der Waals surface area contributed by atoms with Gasteiger partial charge in [0, 0.05) is 35.1 Å². The summed E-state index contributed by atoms with van der Waals surface area (Å²) in [5.41, 5.74) is 1.07. The standard InChI is InChI=1S/C15H20N2OS/c1-3-9-17-11-12(5-8-15(17)18)16-10-14-7-6-13(4-2)19-14/h5-8,11,16H,3-4,9-10H2,1-2H3. The van der Waals surface area contributed by atoms with Crippen LogP contribution in [0.1, 0.15) is 30.0 Å². The molecule has 0 aliphatic rings. The van der Waals surface area contributed by atoms with E-state index >= 15 is 0 Å². The molecule has 2 rings (SSSR count). The van der Waals surface area contributed by atoms with E-state index in [1.54, 1.807) is 10.6 Å². The molecule has 3 nitrogen and oxygen atoms in total. The Labute approximate surface area is 117 Å². The Morgan fingerprint density at radius 1 is 1.16 bits per heavy atom. The van der Waals surface area contributed by atoms with Gasteiger partial charge in [0.1, 0.15) is 0 Å². The van der Waals surface area contributed by atoms with Crippen LogP contribution in [0, 0.1) is 0 Å². The molecule has 0 amide bonds. The summed E-state index contributed by atoms with van der Waals surface area (Å²) in [4.78, 5) is 14.3. The number of rotatable bonds is 6. The molecule has 0 bridgehead atoms. The molecule has 0 aliphatic carbocycles. The predicted octanol–water partition coefficient (Wildman–Crippen LogP) is 3.49. The molecule has 0 saturated heterocycles. The highest BCUT2D eigenvalue weighted by Crippen LogP contribution is 2.18. The van der Waals surface area contributed by atoms with Gasteiger partial charge in [-0.1, -0.05) is 13.8 Å². The van der Waals surface area contributed by atoms with Gasteiger partial charge >= 0.3 is 0 Å².